The van der Waals surface area contributed by atoms with E-state index in [2.05, 4.69) is 19.2 Å². The van der Waals surface area contributed by atoms with Crippen molar-refractivity contribution >= 4 is 17.7 Å². The van der Waals surface area contributed by atoms with Gasteiger partial charge in [0.25, 0.3) is 5.91 Å². The van der Waals surface area contributed by atoms with Gasteiger partial charge in [-0.2, -0.15) is 0 Å². The number of phenolic OH excluding ortho intramolecular Hbond substituents is 1. The maximum absolute atomic E-state index is 12.8. The lowest BCUT2D eigenvalue weighted by molar-refractivity contribution is -0.142. The molecule has 4 rings (SSSR count). The number of carbonyl (C=O) groups is 1. The number of nitrogens with one attached hydrogen (secondary N) is 1. The SMILES string of the molecule is COc1ccc([C@@]2(O)c3c(ccc(/C=C/C4(C)CCC(C)(C)CO4)c3O)NC(=O)[C@@H]2OC)cc1. The zero-order valence-electron chi connectivity index (χ0n) is 20.3. The van der Waals surface area contributed by atoms with E-state index >= 15 is 0 Å². The molecule has 0 radical (unpaired) electrons. The number of ether oxygens (including phenoxy) is 3. The molecule has 2 aromatic rings. The van der Waals surface area contributed by atoms with E-state index in [1.807, 2.05) is 13.0 Å². The van der Waals surface area contributed by atoms with Crippen molar-refractivity contribution in [2.75, 3.05) is 26.1 Å². The minimum Gasteiger partial charge on any atom is -0.507 e. The first-order valence-corrected chi connectivity index (χ1v) is 11.4. The Balaban J connectivity index is 1.78. The standard InChI is InChI=1S/C27H33NO6/c1-25(2)14-15-26(3,34-16-25)13-12-17-6-11-20-21(22(17)29)27(31,23(33-5)24(30)28-20)18-7-9-19(32-4)10-8-18/h6-13,23,29,31H,14-16H2,1-5H3,(H,28,30)/b13-12+/t23-,26?,27+/m0/s1. The fraction of sp³-hybridized carbons (Fsp3) is 0.444. The number of aromatic hydroxyl groups is 1. The molecular weight excluding hydrogens is 434 g/mol. The van der Waals surface area contributed by atoms with Crippen LogP contribution in [0, 0.1) is 5.41 Å². The Kier molecular flexibility index (Phi) is 6.23. The van der Waals surface area contributed by atoms with Crippen molar-refractivity contribution in [2.24, 2.45) is 5.41 Å². The quantitative estimate of drug-likeness (QED) is 0.610. The molecule has 7 heteroatoms. The highest BCUT2D eigenvalue weighted by Crippen LogP contribution is 2.48. The summed E-state index contributed by atoms with van der Waals surface area (Å²) in [7, 11) is 2.90. The van der Waals surface area contributed by atoms with E-state index in [4.69, 9.17) is 14.2 Å². The van der Waals surface area contributed by atoms with Gasteiger partial charge in [-0.15, -0.1) is 0 Å². The smallest absolute Gasteiger partial charge is 0.257 e. The number of anilines is 1. The van der Waals surface area contributed by atoms with Crippen LogP contribution in [-0.2, 0) is 19.9 Å². The topological polar surface area (TPSA) is 97.3 Å². The van der Waals surface area contributed by atoms with Crippen molar-refractivity contribution in [3.8, 4) is 11.5 Å². The number of aliphatic hydroxyl groups is 1. The highest BCUT2D eigenvalue weighted by Gasteiger charge is 2.51. The summed E-state index contributed by atoms with van der Waals surface area (Å²) in [6.45, 7) is 7.06. The fourth-order valence-corrected chi connectivity index (χ4v) is 4.66. The van der Waals surface area contributed by atoms with Crippen molar-refractivity contribution in [1.82, 2.24) is 0 Å². The molecule has 2 aliphatic rings. The van der Waals surface area contributed by atoms with E-state index in [1.165, 1.54) is 7.11 Å². The molecule has 1 fully saturated rings. The molecule has 1 unspecified atom stereocenters. The molecule has 2 aliphatic heterocycles. The summed E-state index contributed by atoms with van der Waals surface area (Å²) < 4.78 is 16.8. The highest BCUT2D eigenvalue weighted by molar-refractivity contribution is 6.00. The second-order valence-electron chi connectivity index (χ2n) is 10.1. The van der Waals surface area contributed by atoms with Crippen LogP contribution in [0.25, 0.3) is 6.08 Å². The second kappa shape index (κ2) is 8.73. The summed E-state index contributed by atoms with van der Waals surface area (Å²) in [4.78, 5) is 12.8. The Labute approximate surface area is 200 Å². The van der Waals surface area contributed by atoms with E-state index in [-0.39, 0.29) is 16.7 Å². The van der Waals surface area contributed by atoms with Gasteiger partial charge in [-0.05, 0) is 55.0 Å². The molecule has 3 atom stereocenters. The second-order valence-corrected chi connectivity index (χ2v) is 10.1. The lowest BCUT2D eigenvalue weighted by atomic mass is 9.76. The third kappa shape index (κ3) is 4.19. The van der Waals surface area contributed by atoms with Crippen LogP contribution < -0.4 is 10.1 Å². The van der Waals surface area contributed by atoms with E-state index in [0.29, 0.717) is 29.2 Å². The zero-order valence-corrected chi connectivity index (χ0v) is 20.3. The molecule has 0 aromatic heterocycles. The van der Waals surface area contributed by atoms with Gasteiger partial charge in [-0.1, -0.05) is 38.1 Å². The summed E-state index contributed by atoms with van der Waals surface area (Å²) >= 11 is 0. The molecule has 0 saturated carbocycles. The molecule has 0 aliphatic carbocycles. The average molecular weight is 468 g/mol. The zero-order chi connectivity index (χ0) is 24.7. The van der Waals surface area contributed by atoms with Gasteiger partial charge in [0.1, 0.15) is 11.5 Å². The van der Waals surface area contributed by atoms with Crippen molar-refractivity contribution in [3.63, 3.8) is 0 Å². The van der Waals surface area contributed by atoms with Crippen LogP contribution >= 0.6 is 0 Å². The van der Waals surface area contributed by atoms with Gasteiger partial charge < -0.3 is 29.7 Å². The third-order valence-electron chi connectivity index (χ3n) is 6.94. The number of fused-ring (bicyclic) bond motifs is 1. The Morgan fingerprint density at radius 3 is 2.38 bits per heavy atom. The van der Waals surface area contributed by atoms with Gasteiger partial charge in [0.15, 0.2) is 11.7 Å². The van der Waals surface area contributed by atoms with Gasteiger partial charge in [0.2, 0.25) is 0 Å². The van der Waals surface area contributed by atoms with Gasteiger partial charge in [0, 0.05) is 12.7 Å². The molecule has 0 bridgehead atoms. The van der Waals surface area contributed by atoms with Gasteiger partial charge in [0.05, 0.1) is 30.6 Å². The number of phenols is 1. The summed E-state index contributed by atoms with van der Waals surface area (Å²) in [6.07, 6.45) is 4.38. The number of carbonyl (C=O) groups excluding carboxylic acids is 1. The van der Waals surface area contributed by atoms with Crippen LogP contribution in [0.15, 0.2) is 42.5 Å². The van der Waals surface area contributed by atoms with Crippen LogP contribution in [-0.4, -0.2) is 48.7 Å². The number of methoxy groups -OCH3 is 2. The monoisotopic (exact) mass is 467 g/mol. The van der Waals surface area contributed by atoms with Crippen molar-refractivity contribution < 1.29 is 29.2 Å². The highest BCUT2D eigenvalue weighted by atomic mass is 16.5. The minimum absolute atomic E-state index is 0.131. The van der Waals surface area contributed by atoms with Crippen LogP contribution in [0.2, 0.25) is 0 Å². The average Bonchev–Trinajstić information content (AvgIpc) is 2.81. The number of hydrogen-bond donors (Lipinski definition) is 3. The van der Waals surface area contributed by atoms with Crippen LogP contribution in [0.5, 0.6) is 11.5 Å². The lowest BCUT2D eigenvalue weighted by Crippen LogP contribution is -2.52. The van der Waals surface area contributed by atoms with Crippen LogP contribution in [0.1, 0.15) is 50.3 Å². The summed E-state index contributed by atoms with van der Waals surface area (Å²) in [5.41, 5.74) is -0.808. The van der Waals surface area contributed by atoms with E-state index in [0.717, 1.165) is 12.8 Å². The Hall–Kier alpha value is -2.87. The summed E-state index contributed by atoms with van der Waals surface area (Å²) in [5, 5.41) is 26.1. The van der Waals surface area contributed by atoms with Crippen molar-refractivity contribution in [3.05, 3.63) is 59.2 Å². The molecule has 3 N–H and O–H groups in total. The summed E-state index contributed by atoms with van der Waals surface area (Å²) in [5.74, 6) is -0.0257. The largest absolute Gasteiger partial charge is 0.507 e. The molecule has 7 nitrogen and oxygen atoms in total. The maximum Gasteiger partial charge on any atom is 0.257 e. The van der Waals surface area contributed by atoms with E-state index in [1.54, 1.807) is 49.6 Å². The van der Waals surface area contributed by atoms with Crippen LogP contribution in [0.4, 0.5) is 5.69 Å². The predicted molar refractivity (Wildman–Crippen MR) is 130 cm³/mol. The molecule has 0 spiro atoms. The molecule has 182 valence electrons. The minimum atomic E-state index is -1.91. The van der Waals surface area contributed by atoms with E-state index in [9.17, 15) is 15.0 Å². The first kappa shape index (κ1) is 24.3. The maximum atomic E-state index is 12.8. The Morgan fingerprint density at radius 2 is 1.79 bits per heavy atom. The van der Waals surface area contributed by atoms with Crippen molar-refractivity contribution in [2.45, 2.75) is 50.9 Å². The molecule has 1 saturated heterocycles. The fourth-order valence-electron chi connectivity index (χ4n) is 4.66. The van der Waals surface area contributed by atoms with Gasteiger partial charge in [-0.25, -0.2) is 0 Å². The normalized spacial score (nSPS) is 28.4. The third-order valence-corrected chi connectivity index (χ3v) is 6.94. The molecular formula is C27H33NO6. The van der Waals surface area contributed by atoms with Gasteiger partial charge in [-0.3, -0.25) is 4.79 Å². The molecule has 2 heterocycles. The predicted octanol–water partition coefficient (Wildman–Crippen LogP) is 4.21. The number of hydrogen-bond acceptors (Lipinski definition) is 6. The Bertz CT molecular complexity index is 1100. The number of rotatable bonds is 5. The first-order valence-electron chi connectivity index (χ1n) is 11.4. The van der Waals surface area contributed by atoms with E-state index < -0.39 is 23.2 Å². The Morgan fingerprint density at radius 1 is 1.09 bits per heavy atom. The first-order chi connectivity index (χ1) is 16.0. The number of benzene rings is 2. The van der Waals surface area contributed by atoms with Crippen LogP contribution in [0.3, 0.4) is 0 Å². The molecule has 34 heavy (non-hydrogen) atoms. The van der Waals surface area contributed by atoms with Crippen molar-refractivity contribution in [1.29, 1.82) is 0 Å². The molecule has 1 amide bonds. The lowest BCUT2D eigenvalue weighted by Gasteiger charge is -2.41. The molecule has 2 aromatic carbocycles. The number of amides is 1. The summed E-state index contributed by atoms with van der Waals surface area (Å²) in [6, 6.07) is 10.1. The van der Waals surface area contributed by atoms with Gasteiger partial charge >= 0.3 is 0 Å².